The van der Waals surface area contributed by atoms with Crippen molar-refractivity contribution in [2.24, 2.45) is 0 Å². The lowest BCUT2D eigenvalue weighted by Gasteiger charge is -2.10. The van der Waals surface area contributed by atoms with Gasteiger partial charge in [-0.15, -0.1) is 0 Å². The van der Waals surface area contributed by atoms with Gasteiger partial charge in [-0.05, 0) is 47.3 Å². The average molecular weight is 411 g/mol. The smallest absolute Gasteiger partial charge is 0.269 e. The zero-order valence-corrected chi connectivity index (χ0v) is 15.2. The first-order chi connectivity index (χ1) is 12.1. The van der Waals surface area contributed by atoms with E-state index >= 15 is 0 Å². The highest BCUT2D eigenvalue weighted by Crippen LogP contribution is 2.26. The number of halogens is 1. The van der Waals surface area contributed by atoms with Gasteiger partial charge in [0.2, 0.25) is 0 Å². The highest BCUT2D eigenvalue weighted by atomic mass is 79.9. The van der Waals surface area contributed by atoms with Crippen LogP contribution in [0.4, 0.5) is 0 Å². The lowest BCUT2D eigenvalue weighted by Crippen LogP contribution is -2.29. The van der Waals surface area contributed by atoms with Crippen LogP contribution in [-0.4, -0.2) is 15.5 Å². The van der Waals surface area contributed by atoms with E-state index in [2.05, 4.69) is 20.9 Å². The Bertz CT molecular complexity index is 1270. The first kappa shape index (κ1) is 15.9. The molecule has 4 aromatic rings. The molecule has 1 heterocycles. The van der Waals surface area contributed by atoms with E-state index in [0.717, 1.165) is 19.8 Å². The van der Waals surface area contributed by atoms with Crippen LogP contribution in [0.15, 0.2) is 69.9 Å². The molecule has 3 aromatic carbocycles. The van der Waals surface area contributed by atoms with Crippen LogP contribution >= 0.6 is 28.1 Å². The predicted molar refractivity (Wildman–Crippen MR) is 105 cm³/mol. The Morgan fingerprint density at radius 1 is 0.920 bits per heavy atom. The largest absolute Gasteiger partial charge is 0.331 e. The van der Waals surface area contributed by atoms with Crippen molar-refractivity contribution in [3.05, 3.63) is 85.8 Å². The van der Waals surface area contributed by atoms with Gasteiger partial charge in [-0.1, -0.05) is 52.3 Å². The Balaban J connectivity index is 2.03. The van der Waals surface area contributed by atoms with Gasteiger partial charge >= 0.3 is 0 Å². The molecule has 0 spiro atoms. The molecule has 122 valence electrons. The molecule has 0 bridgehead atoms. The van der Waals surface area contributed by atoms with Crippen molar-refractivity contribution >= 4 is 55.7 Å². The van der Waals surface area contributed by atoms with Crippen LogP contribution < -0.4 is 5.56 Å². The first-order valence-electron chi connectivity index (χ1n) is 7.54. The fourth-order valence-corrected chi connectivity index (χ4v) is 3.70. The fourth-order valence-electron chi connectivity index (χ4n) is 2.93. The zero-order chi connectivity index (χ0) is 17.6. The number of aromatic amines is 1. The fraction of sp³-hybridized carbons (Fsp3) is 0. The molecule has 0 radical (unpaired) electrons. The van der Waals surface area contributed by atoms with Crippen molar-refractivity contribution in [1.29, 1.82) is 0 Å². The Labute approximate surface area is 155 Å². The molecule has 0 aliphatic heterocycles. The van der Waals surface area contributed by atoms with Gasteiger partial charge in [0.1, 0.15) is 0 Å². The van der Waals surface area contributed by atoms with Gasteiger partial charge in [0, 0.05) is 10.0 Å². The van der Waals surface area contributed by atoms with E-state index in [1.54, 1.807) is 36.4 Å². The molecule has 0 saturated heterocycles. The predicted octanol–water partition coefficient (Wildman–Crippen LogP) is 4.66. The Morgan fingerprint density at radius 3 is 2.44 bits per heavy atom. The highest BCUT2D eigenvalue weighted by molar-refractivity contribution is 9.10. The van der Waals surface area contributed by atoms with Crippen LogP contribution in [0.25, 0.3) is 21.7 Å². The molecule has 4 nitrogen and oxygen atoms in total. The summed E-state index contributed by atoms with van der Waals surface area (Å²) >= 11 is 8.76. The number of fused-ring (bicyclic) bond motifs is 2. The highest BCUT2D eigenvalue weighted by Gasteiger charge is 2.17. The number of hydrogen-bond acceptors (Lipinski definition) is 3. The maximum atomic E-state index is 13.1. The van der Waals surface area contributed by atoms with Crippen molar-refractivity contribution < 1.29 is 4.79 Å². The summed E-state index contributed by atoms with van der Waals surface area (Å²) in [7, 11) is 0. The Kier molecular flexibility index (Phi) is 3.86. The Morgan fingerprint density at radius 2 is 1.60 bits per heavy atom. The van der Waals surface area contributed by atoms with Crippen molar-refractivity contribution in [2.75, 3.05) is 0 Å². The van der Waals surface area contributed by atoms with Crippen LogP contribution in [0.1, 0.15) is 10.4 Å². The number of H-pyrrole nitrogens is 1. The lowest BCUT2D eigenvalue weighted by molar-refractivity contribution is 0.0955. The van der Waals surface area contributed by atoms with Crippen LogP contribution in [0.3, 0.4) is 0 Å². The van der Waals surface area contributed by atoms with Crippen molar-refractivity contribution in [3.63, 3.8) is 0 Å². The van der Waals surface area contributed by atoms with Crippen LogP contribution in [-0.2, 0) is 0 Å². The zero-order valence-electron chi connectivity index (χ0n) is 12.8. The molecule has 0 fully saturated rings. The molecule has 0 amide bonds. The van der Waals surface area contributed by atoms with Gasteiger partial charge in [-0.3, -0.25) is 9.59 Å². The number of para-hydroxylation sites is 1. The molecular weight excluding hydrogens is 400 g/mol. The molecule has 0 aliphatic rings. The van der Waals surface area contributed by atoms with Crippen LogP contribution in [0, 0.1) is 4.77 Å². The van der Waals surface area contributed by atoms with E-state index in [1.165, 1.54) is 0 Å². The third-order valence-electron chi connectivity index (χ3n) is 4.11. The normalized spacial score (nSPS) is 11.1. The maximum Gasteiger partial charge on any atom is 0.269 e. The SMILES string of the molecule is O=C(c1cccc2c(Br)cccc12)n1c(=S)[nH]c2ccccc2c1=O. The average Bonchev–Trinajstić information content (AvgIpc) is 2.61. The lowest BCUT2D eigenvalue weighted by atomic mass is 10.0. The van der Waals surface area contributed by atoms with E-state index < -0.39 is 11.5 Å². The van der Waals surface area contributed by atoms with E-state index in [-0.39, 0.29) is 4.77 Å². The standard InChI is InChI=1S/C19H11BrN2O2S/c20-15-9-4-6-11-12(15)7-3-8-13(11)17(23)22-18(24)14-5-1-2-10-16(14)21-19(22)25/h1-10H,(H,21,25). The van der Waals surface area contributed by atoms with Crippen LogP contribution in [0.5, 0.6) is 0 Å². The molecule has 1 N–H and O–H groups in total. The molecule has 0 saturated carbocycles. The second kappa shape index (κ2) is 6.06. The first-order valence-corrected chi connectivity index (χ1v) is 8.74. The number of nitrogens with one attached hydrogen (secondary N) is 1. The van der Waals surface area contributed by atoms with Gasteiger partial charge in [0.15, 0.2) is 4.77 Å². The van der Waals surface area contributed by atoms with Gasteiger partial charge in [-0.25, -0.2) is 4.57 Å². The number of benzene rings is 3. The quantitative estimate of drug-likeness (QED) is 0.464. The molecule has 0 aliphatic carbocycles. The molecule has 25 heavy (non-hydrogen) atoms. The summed E-state index contributed by atoms with van der Waals surface area (Å²) in [6.07, 6.45) is 0. The monoisotopic (exact) mass is 410 g/mol. The molecular formula is C19H11BrN2O2S. The number of rotatable bonds is 1. The summed E-state index contributed by atoms with van der Waals surface area (Å²) in [6.45, 7) is 0. The summed E-state index contributed by atoms with van der Waals surface area (Å²) in [6, 6.07) is 18.0. The molecule has 0 atom stereocenters. The summed E-state index contributed by atoms with van der Waals surface area (Å²) in [5.74, 6) is -0.444. The third-order valence-corrected chi connectivity index (χ3v) is 5.08. The van der Waals surface area contributed by atoms with Gasteiger partial charge in [0.05, 0.1) is 10.9 Å². The maximum absolute atomic E-state index is 13.1. The molecule has 1 aromatic heterocycles. The third kappa shape index (κ3) is 2.54. The van der Waals surface area contributed by atoms with E-state index in [4.69, 9.17) is 12.2 Å². The van der Waals surface area contributed by atoms with E-state index in [1.807, 2.05) is 24.3 Å². The topological polar surface area (TPSA) is 54.9 Å². The minimum absolute atomic E-state index is 0.0840. The number of carbonyl (C=O) groups excluding carboxylic acids is 1. The summed E-state index contributed by atoms with van der Waals surface area (Å²) in [5, 5.41) is 2.08. The van der Waals surface area contributed by atoms with Gasteiger partial charge in [-0.2, -0.15) is 0 Å². The van der Waals surface area contributed by atoms with E-state index in [0.29, 0.717) is 16.5 Å². The summed E-state index contributed by atoms with van der Waals surface area (Å²) < 4.78 is 1.99. The molecule has 6 heteroatoms. The van der Waals surface area contributed by atoms with E-state index in [9.17, 15) is 9.59 Å². The number of nitrogens with zero attached hydrogens (tertiary/aromatic N) is 1. The summed E-state index contributed by atoms with van der Waals surface area (Å²) in [5.41, 5.74) is 0.620. The van der Waals surface area contributed by atoms with Crippen molar-refractivity contribution in [3.8, 4) is 0 Å². The van der Waals surface area contributed by atoms with Gasteiger partial charge < -0.3 is 4.98 Å². The molecule has 0 unspecified atom stereocenters. The van der Waals surface area contributed by atoms with Crippen molar-refractivity contribution in [2.45, 2.75) is 0 Å². The second-order valence-corrected chi connectivity index (χ2v) is 6.80. The van der Waals surface area contributed by atoms with Crippen molar-refractivity contribution in [1.82, 2.24) is 9.55 Å². The Hall–Kier alpha value is -2.57. The number of carbonyl (C=O) groups is 1. The number of hydrogen-bond donors (Lipinski definition) is 1. The minimum atomic E-state index is -0.444. The second-order valence-electron chi connectivity index (χ2n) is 5.56. The minimum Gasteiger partial charge on any atom is -0.331 e. The molecule has 4 rings (SSSR count). The number of aromatic nitrogens is 2. The van der Waals surface area contributed by atoms with Gasteiger partial charge in [0.25, 0.3) is 11.5 Å². The van der Waals surface area contributed by atoms with Crippen LogP contribution in [0.2, 0.25) is 0 Å². The summed E-state index contributed by atoms with van der Waals surface area (Å²) in [4.78, 5) is 28.9.